The Kier molecular flexibility index (Phi) is 6.57. The molecule has 0 unspecified atom stereocenters. The maximum Gasteiger partial charge on any atom is 0.240 e. The maximum atomic E-state index is 9.37. The van der Waals surface area contributed by atoms with Crippen LogP contribution in [0, 0.1) is 11.3 Å². The van der Waals surface area contributed by atoms with Gasteiger partial charge in [-0.1, -0.05) is 13.8 Å². The van der Waals surface area contributed by atoms with Crippen LogP contribution in [0.25, 0.3) is 10.9 Å². The Bertz CT molecular complexity index is 890. The van der Waals surface area contributed by atoms with Gasteiger partial charge in [-0.05, 0) is 42.3 Å². The first-order valence-corrected chi connectivity index (χ1v) is 8.60. The Morgan fingerprint density at radius 3 is 2.48 bits per heavy atom. The average Bonchev–Trinajstić information content (AvgIpc) is 2.69. The molecule has 7 heteroatoms. The summed E-state index contributed by atoms with van der Waals surface area (Å²) < 4.78 is 5.24. The van der Waals surface area contributed by atoms with Crippen molar-refractivity contribution in [3.05, 3.63) is 48.3 Å². The maximum absolute atomic E-state index is 9.37. The molecule has 0 atom stereocenters. The molecule has 3 rings (SSSR count). The average molecular weight is 353 g/mol. The molecule has 0 aliphatic rings. The van der Waals surface area contributed by atoms with Gasteiger partial charge in [0.05, 0.1) is 18.4 Å². The third-order valence-corrected chi connectivity index (χ3v) is 3.87. The number of hydrogen-bond donors (Lipinski definition) is 2. The summed E-state index contributed by atoms with van der Waals surface area (Å²) in [6.07, 6.45) is 3.14. The van der Waals surface area contributed by atoms with E-state index in [1.165, 1.54) is 25.3 Å². The third kappa shape index (κ3) is 3.99. The fourth-order valence-electron chi connectivity index (χ4n) is 2.23. The predicted molar refractivity (Wildman–Crippen MR) is 102 cm³/mol. The van der Waals surface area contributed by atoms with E-state index in [2.05, 4.69) is 21.4 Å². The van der Waals surface area contributed by atoms with Crippen molar-refractivity contribution in [1.29, 1.82) is 5.26 Å². The van der Waals surface area contributed by atoms with Crippen LogP contribution in [0.15, 0.2) is 47.6 Å². The number of nitrogens with two attached hydrogens (primary N) is 1. The molecule has 0 saturated carbocycles. The van der Waals surface area contributed by atoms with Crippen molar-refractivity contribution >= 4 is 34.2 Å². The molecule has 0 aliphatic heterocycles. The number of nitrogens with one attached hydrogen (secondary N) is 1. The van der Waals surface area contributed by atoms with Crippen molar-refractivity contribution in [3.8, 4) is 11.9 Å². The molecule has 0 aliphatic carbocycles. The lowest BCUT2D eigenvalue weighted by atomic mass is 10.1. The van der Waals surface area contributed by atoms with Crippen LogP contribution >= 0.6 is 11.9 Å². The highest BCUT2D eigenvalue weighted by molar-refractivity contribution is 7.97. The van der Waals surface area contributed by atoms with Crippen LogP contribution in [0.5, 0.6) is 5.88 Å². The Morgan fingerprint density at radius 2 is 1.88 bits per heavy atom. The highest BCUT2D eigenvalue weighted by Crippen LogP contribution is 2.32. The number of fused-ring (bicyclic) bond motifs is 1. The van der Waals surface area contributed by atoms with Crippen LogP contribution in [0.1, 0.15) is 19.4 Å². The number of hydrogen-bond acceptors (Lipinski definition) is 7. The summed E-state index contributed by atoms with van der Waals surface area (Å²) in [7, 11) is 1.54. The van der Waals surface area contributed by atoms with E-state index < -0.39 is 0 Å². The lowest BCUT2D eigenvalue weighted by Gasteiger charge is -2.12. The third-order valence-electron chi connectivity index (χ3n) is 3.33. The van der Waals surface area contributed by atoms with Gasteiger partial charge in [-0.15, -0.1) is 0 Å². The minimum atomic E-state index is 0.421. The monoisotopic (exact) mass is 353 g/mol. The van der Waals surface area contributed by atoms with Gasteiger partial charge < -0.3 is 10.1 Å². The minimum Gasteiger partial charge on any atom is -0.479 e. The number of pyridine rings is 2. The number of anilines is 2. The summed E-state index contributed by atoms with van der Waals surface area (Å²) in [6, 6.07) is 11.6. The summed E-state index contributed by atoms with van der Waals surface area (Å²) in [5, 5.41) is 18.9. The summed E-state index contributed by atoms with van der Waals surface area (Å²) >= 11 is 1.18. The molecule has 3 N–H and O–H groups in total. The quantitative estimate of drug-likeness (QED) is 0.677. The molecule has 0 fully saturated rings. The zero-order valence-corrected chi connectivity index (χ0v) is 15.1. The second kappa shape index (κ2) is 8.87. The zero-order chi connectivity index (χ0) is 18.2. The highest BCUT2D eigenvalue weighted by Gasteiger charge is 2.13. The Hall–Kier alpha value is -2.82. The first-order valence-electron chi connectivity index (χ1n) is 7.72. The normalized spacial score (nSPS) is 9.72. The first-order chi connectivity index (χ1) is 12.3. The molecular formula is C18H19N5OS. The first kappa shape index (κ1) is 18.5. The molecule has 6 nitrogen and oxygen atoms in total. The summed E-state index contributed by atoms with van der Waals surface area (Å²) in [5.74, 6) is 0.421. The number of methoxy groups -OCH3 is 1. The molecule has 3 aromatic rings. The van der Waals surface area contributed by atoms with Gasteiger partial charge in [-0.2, -0.15) is 5.26 Å². The molecule has 2 heterocycles. The van der Waals surface area contributed by atoms with E-state index in [1.807, 2.05) is 38.1 Å². The molecule has 0 radical (unpaired) electrons. The van der Waals surface area contributed by atoms with Gasteiger partial charge in [-0.3, -0.25) is 5.14 Å². The van der Waals surface area contributed by atoms with Crippen molar-refractivity contribution in [3.63, 3.8) is 0 Å². The summed E-state index contributed by atoms with van der Waals surface area (Å²) in [4.78, 5) is 9.38. The van der Waals surface area contributed by atoms with Gasteiger partial charge in [-0.25, -0.2) is 9.97 Å². The van der Waals surface area contributed by atoms with Crippen LogP contribution in [-0.4, -0.2) is 17.1 Å². The molecule has 2 aromatic heterocycles. The fourth-order valence-corrected chi connectivity index (χ4v) is 2.52. The molecule has 1 aromatic carbocycles. The molecule has 0 spiro atoms. The van der Waals surface area contributed by atoms with Crippen molar-refractivity contribution < 1.29 is 4.74 Å². The van der Waals surface area contributed by atoms with E-state index >= 15 is 0 Å². The van der Waals surface area contributed by atoms with Crippen molar-refractivity contribution in [2.75, 3.05) is 12.4 Å². The largest absolute Gasteiger partial charge is 0.479 e. The molecule has 128 valence electrons. The van der Waals surface area contributed by atoms with Crippen molar-refractivity contribution in [2.24, 2.45) is 5.14 Å². The van der Waals surface area contributed by atoms with E-state index in [1.54, 1.807) is 12.3 Å². The topological polar surface area (TPSA) is 96.9 Å². The van der Waals surface area contributed by atoms with Crippen LogP contribution in [0.3, 0.4) is 0 Å². The van der Waals surface area contributed by atoms with E-state index in [9.17, 15) is 5.26 Å². The van der Waals surface area contributed by atoms with Crippen LogP contribution in [0.4, 0.5) is 11.4 Å². The van der Waals surface area contributed by atoms with Crippen LogP contribution in [-0.2, 0) is 0 Å². The fraction of sp³-hybridized carbons (Fsp3) is 0.167. The Morgan fingerprint density at radius 1 is 1.16 bits per heavy atom. The Balaban J connectivity index is 0.00000109. The van der Waals surface area contributed by atoms with Crippen molar-refractivity contribution in [1.82, 2.24) is 9.97 Å². The second-order valence-electron chi connectivity index (χ2n) is 4.64. The number of nitriles is 1. The van der Waals surface area contributed by atoms with E-state index in [0.29, 0.717) is 22.6 Å². The molecular weight excluding hydrogens is 334 g/mol. The lowest BCUT2D eigenvalue weighted by molar-refractivity contribution is 0.402. The van der Waals surface area contributed by atoms with Gasteiger partial charge in [0.15, 0.2) is 0 Å². The van der Waals surface area contributed by atoms with Gasteiger partial charge in [0.1, 0.15) is 11.6 Å². The summed E-state index contributed by atoms with van der Waals surface area (Å²) in [5.41, 5.74) is 2.57. The number of aromatic nitrogens is 2. The van der Waals surface area contributed by atoms with E-state index in [-0.39, 0.29) is 0 Å². The predicted octanol–water partition coefficient (Wildman–Crippen LogP) is 4.25. The number of benzene rings is 1. The van der Waals surface area contributed by atoms with E-state index in [0.717, 1.165) is 16.0 Å². The molecule has 0 saturated heterocycles. The standard InChI is InChI=1S/C16H13N5OS.C2H6/c1-22-16-15-13(6-7-19-16)14(10(8-17)9-20-15)21-11-2-4-12(23-18)5-3-11;1-2/h2-7,9H,18H2,1H3,(H,20,21);1-2H3. The highest BCUT2D eigenvalue weighted by atomic mass is 32.2. The zero-order valence-electron chi connectivity index (χ0n) is 14.3. The second-order valence-corrected chi connectivity index (χ2v) is 5.35. The van der Waals surface area contributed by atoms with Gasteiger partial charge in [0.25, 0.3) is 0 Å². The smallest absolute Gasteiger partial charge is 0.240 e. The molecule has 0 amide bonds. The van der Waals surface area contributed by atoms with Gasteiger partial charge in [0, 0.05) is 28.4 Å². The SMILES string of the molecule is CC.COc1nccc2c(Nc3ccc(SN)cc3)c(C#N)cnc12. The van der Waals surface area contributed by atoms with Crippen LogP contribution in [0.2, 0.25) is 0 Å². The minimum absolute atomic E-state index is 0.421. The van der Waals surface area contributed by atoms with E-state index in [4.69, 9.17) is 9.88 Å². The number of ether oxygens (including phenoxy) is 1. The molecule has 0 bridgehead atoms. The Labute approximate surface area is 151 Å². The summed E-state index contributed by atoms with van der Waals surface area (Å²) in [6.45, 7) is 4.00. The van der Waals surface area contributed by atoms with Crippen molar-refractivity contribution in [2.45, 2.75) is 18.7 Å². The van der Waals surface area contributed by atoms with Gasteiger partial charge in [0.2, 0.25) is 5.88 Å². The molecule has 25 heavy (non-hydrogen) atoms. The number of nitrogens with zero attached hydrogens (tertiary/aromatic N) is 3. The lowest BCUT2D eigenvalue weighted by Crippen LogP contribution is -1.99. The van der Waals surface area contributed by atoms with Gasteiger partial charge >= 0.3 is 0 Å². The van der Waals surface area contributed by atoms with Crippen LogP contribution < -0.4 is 15.2 Å². The number of rotatable bonds is 4.